The van der Waals surface area contributed by atoms with E-state index in [2.05, 4.69) is 27.5 Å². The highest BCUT2D eigenvalue weighted by molar-refractivity contribution is 7.89. The standard InChI is InChI=1S/C26H35N5O5S/c1-20(32)27-23(21-6-4-3-5-7-21)19-26(33)28-24-18-22(37(34,35)31-14-16-36-17-15-31)8-9-25(24)30-12-10-29(2)11-13-30/h3-9,18,23H,10-17,19H2,1-2H3,(H,27,32)(H,28,33). The van der Waals surface area contributed by atoms with Crippen molar-refractivity contribution in [1.82, 2.24) is 14.5 Å². The van der Waals surface area contributed by atoms with Crippen LogP contribution in [0.5, 0.6) is 0 Å². The summed E-state index contributed by atoms with van der Waals surface area (Å²) in [6.07, 6.45) is 0.00616. The molecule has 200 valence electrons. The minimum atomic E-state index is -3.74. The molecule has 2 saturated heterocycles. The van der Waals surface area contributed by atoms with Crippen LogP contribution in [0, 0.1) is 0 Å². The third-order valence-corrected chi connectivity index (χ3v) is 8.56. The first-order valence-corrected chi connectivity index (χ1v) is 14.0. The van der Waals surface area contributed by atoms with Gasteiger partial charge in [-0.15, -0.1) is 0 Å². The Morgan fingerprint density at radius 3 is 2.30 bits per heavy atom. The average molecular weight is 530 g/mol. The molecule has 0 aliphatic carbocycles. The first kappa shape index (κ1) is 27.1. The molecular weight excluding hydrogens is 494 g/mol. The second-order valence-corrected chi connectivity index (χ2v) is 11.3. The summed E-state index contributed by atoms with van der Waals surface area (Å²) >= 11 is 0. The van der Waals surface area contributed by atoms with Crippen molar-refractivity contribution in [3.8, 4) is 0 Å². The Kier molecular flexibility index (Phi) is 8.80. The van der Waals surface area contributed by atoms with Crippen molar-refractivity contribution in [2.45, 2.75) is 24.3 Å². The van der Waals surface area contributed by atoms with Gasteiger partial charge in [0.15, 0.2) is 0 Å². The lowest BCUT2D eigenvalue weighted by Gasteiger charge is -2.35. The summed E-state index contributed by atoms with van der Waals surface area (Å²) in [4.78, 5) is 29.6. The van der Waals surface area contributed by atoms with Crippen LogP contribution in [0.25, 0.3) is 0 Å². The number of anilines is 2. The van der Waals surface area contributed by atoms with Gasteiger partial charge in [0, 0.05) is 46.2 Å². The number of carbonyl (C=O) groups is 2. The Bertz CT molecular complexity index is 1190. The summed E-state index contributed by atoms with van der Waals surface area (Å²) in [5.74, 6) is -0.558. The number of rotatable bonds is 8. The number of nitrogens with one attached hydrogen (secondary N) is 2. The molecule has 0 aromatic heterocycles. The molecule has 1 atom stereocenters. The molecule has 2 aromatic carbocycles. The zero-order chi connectivity index (χ0) is 26.4. The molecule has 2 heterocycles. The van der Waals surface area contributed by atoms with Gasteiger partial charge in [0.1, 0.15) is 0 Å². The third kappa shape index (κ3) is 6.86. The third-order valence-electron chi connectivity index (χ3n) is 6.66. The van der Waals surface area contributed by atoms with Crippen LogP contribution in [-0.2, 0) is 24.3 Å². The lowest BCUT2D eigenvalue weighted by molar-refractivity contribution is -0.120. The minimum Gasteiger partial charge on any atom is -0.379 e. The number of piperazine rings is 1. The maximum absolute atomic E-state index is 13.3. The van der Waals surface area contributed by atoms with E-state index in [-0.39, 0.29) is 23.1 Å². The molecule has 0 radical (unpaired) electrons. The number of nitrogens with zero attached hydrogens (tertiary/aromatic N) is 3. The van der Waals surface area contributed by atoms with Gasteiger partial charge in [-0.3, -0.25) is 9.59 Å². The van der Waals surface area contributed by atoms with E-state index in [4.69, 9.17) is 4.74 Å². The number of sulfonamides is 1. The maximum Gasteiger partial charge on any atom is 0.243 e. The van der Waals surface area contributed by atoms with Crippen molar-refractivity contribution in [3.05, 3.63) is 54.1 Å². The van der Waals surface area contributed by atoms with Crippen molar-refractivity contribution in [1.29, 1.82) is 0 Å². The molecule has 1 unspecified atom stereocenters. The number of carbonyl (C=O) groups excluding carboxylic acids is 2. The Labute approximate surface area is 218 Å². The molecule has 2 fully saturated rings. The highest BCUT2D eigenvalue weighted by Crippen LogP contribution is 2.32. The topological polar surface area (TPSA) is 111 Å². The van der Waals surface area contributed by atoms with Crippen LogP contribution in [0.3, 0.4) is 0 Å². The van der Waals surface area contributed by atoms with Crippen LogP contribution in [0.2, 0.25) is 0 Å². The zero-order valence-electron chi connectivity index (χ0n) is 21.4. The number of morpholine rings is 1. The Morgan fingerprint density at radius 2 is 1.65 bits per heavy atom. The first-order valence-electron chi connectivity index (χ1n) is 12.5. The van der Waals surface area contributed by atoms with E-state index >= 15 is 0 Å². The number of benzene rings is 2. The number of likely N-dealkylation sites (N-methyl/N-ethyl adjacent to an activating group) is 1. The predicted octanol–water partition coefficient (Wildman–Crippen LogP) is 1.67. The summed E-state index contributed by atoms with van der Waals surface area (Å²) in [5.41, 5.74) is 2.03. The molecule has 0 spiro atoms. The lowest BCUT2D eigenvalue weighted by Crippen LogP contribution is -2.45. The molecule has 4 rings (SSSR count). The Morgan fingerprint density at radius 1 is 0.973 bits per heavy atom. The van der Waals surface area contributed by atoms with Crippen LogP contribution >= 0.6 is 0 Å². The van der Waals surface area contributed by atoms with Gasteiger partial charge in [0.2, 0.25) is 21.8 Å². The van der Waals surface area contributed by atoms with E-state index in [0.29, 0.717) is 32.0 Å². The molecule has 2 aliphatic heterocycles. The van der Waals surface area contributed by atoms with Gasteiger partial charge >= 0.3 is 0 Å². The van der Waals surface area contributed by atoms with Crippen LogP contribution in [-0.4, -0.2) is 89.0 Å². The van der Waals surface area contributed by atoms with Gasteiger partial charge in [0.05, 0.1) is 41.9 Å². The Balaban J connectivity index is 1.61. The number of amides is 2. The van der Waals surface area contributed by atoms with Crippen LogP contribution in [0.1, 0.15) is 24.9 Å². The summed E-state index contributed by atoms with van der Waals surface area (Å²) in [6.45, 7) is 5.94. The molecule has 10 nitrogen and oxygen atoms in total. The fourth-order valence-electron chi connectivity index (χ4n) is 4.60. The van der Waals surface area contributed by atoms with Crippen LogP contribution < -0.4 is 15.5 Å². The van der Waals surface area contributed by atoms with Crippen molar-refractivity contribution in [2.75, 3.05) is 69.7 Å². The lowest BCUT2D eigenvalue weighted by atomic mass is 10.0. The number of hydrogen-bond donors (Lipinski definition) is 2. The van der Waals surface area contributed by atoms with Gasteiger partial charge in [-0.1, -0.05) is 30.3 Å². The second kappa shape index (κ2) is 12.0. The highest BCUT2D eigenvalue weighted by Gasteiger charge is 2.28. The van der Waals surface area contributed by atoms with E-state index < -0.39 is 16.1 Å². The largest absolute Gasteiger partial charge is 0.379 e. The smallest absolute Gasteiger partial charge is 0.243 e. The van der Waals surface area contributed by atoms with E-state index in [1.54, 1.807) is 18.2 Å². The molecule has 37 heavy (non-hydrogen) atoms. The summed E-state index contributed by atoms with van der Waals surface area (Å²) in [5, 5.41) is 5.80. The average Bonchev–Trinajstić information content (AvgIpc) is 2.89. The second-order valence-electron chi connectivity index (χ2n) is 9.40. The van der Waals surface area contributed by atoms with Crippen molar-refractivity contribution >= 4 is 33.2 Å². The quantitative estimate of drug-likeness (QED) is 0.535. The fraction of sp³-hybridized carbons (Fsp3) is 0.462. The monoisotopic (exact) mass is 529 g/mol. The van der Waals surface area contributed by atoms with Gasteiger partial charge in [-0.05, 0) is 30.8 Å². The molecular formula is C26H35N5O5S. The zero-order valence-corrected chi connectivity index (χ0v) is 22.2. The normalized spacial score (nSPS) is 18.3. The Hall–Kier alpha value is -2.99. The van der Waals surface area contributed by atoms with Gasteiger partial charge in [-0.2, -0.15) is 4.31 Å². The summed E-state index contributed by atoms with van der Waals surface area (Å²) in [7, 11) is -1.68. The molecule has 2 amide bonds. The highest BCUT2D eigenvalue weighted by atomic mass is 32.2. The SMILES string of the molecule is CC(=O)NC(CC(=O)Nc1cc(S(=O)(=O)N2CCOCC2)ccc1N1CCN(C)CC1)c1ccccc1. The first-order chi connectivity index (χ1) is 17.7. The van der Waals surface area contributed by atoms with Crippen LogP contribution in [0.4, 0.5) is 11.4 Å². The van der Waals surface area contributed by atoms with Crippen molar-refractivity contribution in [3.63, 3.8) is 0 Å². The van der Waals surface area contributed by atoms with Crippen molar-refractivity contribution < 1.29 is 22.7 Å². The van der Waals surface area contributed by atoms with Gasteiger partial charge < -0.3 is 25.2 Å². The van der Waals surface area contributed by atoms with E-state index in [1.165, 1.54) is 11.2 Å². The molecule has 11 heteroatoms. The maximum atomic E-state index is 13.3. The van der Waals surface area contributed by atoms with E-state index in [0.717, 1.165) is 37.4 Å². The molecule has 2 N–H and O–H groups in total. The molecule has 2 aromatic rings. The minimum absolute atomic E-state index is 0.00616. The molecule has 2 aliphatic rings. The molecule has 0 saturated carbocycles. The van der Waals surface area contributed by atoms with E-state index in [9.17, 15) is 18.0 Å². The van der Waals surface area contributed by atoms with E-state index in [1.807, 2.05) is 30.3 Å². The van der Waals surface area contributed by atoms with Crippen LogP contribution in [0.15, 0.2) is 53.4 Å². The molecule has 0 bridgehead atoms. The predicted molar refractivity (Wildman–Crippen MR) is 142 cm³/mol. The number of hydrogen-bond acceptors (Lipinski definition) is 7. The number of ether oxygens (including phenoxy) is 1. The van der Waals surface area contributed by atoms with Gasteiger partial charge in [0.25, 0.3) is 0 Å². The summed E-state index contributed by atoms with van der Waals surface area (Å²) < 4.78 is 33.4. The summed E-state index contributed by atoms with van der Waals surface area (Å²) in [6, 6.07) is 13.7. The fourth-order valence-corrected chi connectivity index (χ4v) is 6.04. The van der Waals surface area contributed by atoms with Crippen molar-refractivity contribution in [2.24, 2.45) is 0 Å². The van der Waals surface area contributed by atoms with Gasteiger partial charge in [-0.25, -0.2) is 8.42 Å².